The highest BCUT2D eigenvalue weighted by Gasteiger charge is 2.47. The van der Waals surface area contributed by atoms with Gasteiger partial charge >= 0.3 is 5.97 Å². The maximum atomic E-state index is 10.9. The lowest BCUT2D eigenvalue weighted by Crippen LogP contribution is -2.61. The number of piperidine rings is 2. The molecule has 1 aromatic carbocycles. The van der Waals surface area contributed by atoms with Crippen LogP contribution in [0.4, 0.5) is 0 Å². The highest BCUT2D eigenvalue weighted by molar-refractivity contribution is 5.68. The summed E-state index contributed by atoms with van der Waals surface area (Å²) in [4.78, 5) is 10.9. The summed E-state index contributed by atoms with van der Waals surface area (Å²) in [5.74, 6) is -0.693. The van der Waals surface area contributed by atoms with E-state index in [2.05, 4.69) is 36.8 Å². The molecule has 0 saturated carbocycles. The Balaban J connectivity index is 1.74. The van der Waals surface area contributed by atoms with Gasteiger partial charge in [0.1, 0.15) is 6.54 Å². The number of quaternary nitrogens is 1. The smallest absolute Gasteiger partial charge is 0.303 e. The maximum Gasteiger partial charge on any atom is 0.303 e. The maximum absolute atomic E-state index is 10.9. The van der Waals surface area contributed by atoms with Crippen LogP contribution in [0.15, 0.2) is 30.3 Å². The fourth-order valence-electron chi connectivity index (χ4n) is 4.51. The van der Waals surface area contributed by atoms with Crippen molar-refractivity contribution < 1.29 is 14.4 Å². The Labute approximate surface area is 127 Å². The van der Waals surface area contributed by atoms with Crippen LogP contribution in [0.3, 0.4) is 0 Å². The van der Waals surface area contributed by atoms with Crippen molar-refractivity contribution in [2.75, 3.05) is 19.6 Å². The van der Waals surface area contributed by atoms with Gasteiger partial charge in [-0.15, -0.1) is 0 Å². The van der Waals surface area contributed by atoms with Gasteiger partial charge in [-0.25, -0.2) is 0 Å². The third kappa shape index (κ3) is 3.29. The number of hydrogen-bond acceptors (Lipinski definition) is 1. The lowest BCUT2D eigenvalue weighted by Gasteiger charge is -2.54. The summed E-state index contributed by atoms with van der Waals surface area (Å²) in [5.41, 5.74) is 1.58. The van der Waals surface area contributed by atoms with Gasteiger partial charge in [-0.3, -0.25) is 4.79 Å². The number of carboxylic acids is 1. The van der Waals surface area contributed by atoms with Crippen LogP contribution in [-0.4, -0.2) is 35.2 Å². The van der Waals surface area contributed by atoms with Crippen molar-refractivity contribution >= 4 is 5.97 Å². The lowest BCUT2D eigenvalue weighted by atomic mass is 9.69. The van der Waals surface area contributed by atoms with Crippen LogP contribution in [-0.2, 0) is 11.3 Å². The summed E-state index contributed by atoms with van der Waals surface area (Å²) in [7, 11) is 0. The molecule has 0 aliphatic carbocycles. The molecule has 113 valence electrons. The van der Waals surface area contributed by atoms with Crippen LogP contribution in [0.2, 0.25) is 0 Å². The van der Waals surface area contributed by atoms with Gasteiger partial charge in [-0.1, -0.05) is 30.3 Å². The molecule has 1 aromatic rings. The Morgan fingerprint density at radius 3 is 2.48 bits per heavy atom. The highest BCUT2D eigenvalue weighted by Crippen LogP contribution is 2.45. The Morgan fingerprint density at radius 2 is 1.86 bits per heavy atom. The quantitative estimate of drug-likeness (QED) is 0.844. The van der Waals surface area contributed by atoms with Crippen LogP contribution in [0, 0.1) is 11.8 Å². The van der Waals surface area contributed by atoms with Crippen molar-refractivity contribution in [2.24, 2.45) is 5.41 Å². The fraction of sp³-hybridized carbons (Fsp3) is 0.556. The first-order valence-electron chi connectivity index (χ1n) is 8.07. The molecule has 21 heavy (non-hydrogen) atoms. The number of carbonyl (C=O) groups is 1. The first kappa shape index (κ1) is 14.6. The van der Waals surface area contributed by atoms with Crippen molar-refractivity contribution in [2.45, 2.75) is 38.6 Å². The third-order valence-electron chi connectivity index (χ3n) is 5.34. The zero-order valence-corrected chi connectivity index (χ0v) is 12.6. The summed E-state index contributed by atoms with van der Waals surface area (Å²) < 4.78 is 1.15. The van der Waals surface area contributed by atoms with Crippen LogP contribution in [0.5, 0.6) is 0 Å². The number of rotatable bonds is 5. The molecule has 2 aliphatic heterocycles. The first-order chi connectivity index (χ1) is 10.1. The molecule has 2 aliphatic rings. The van der Waals surface area contributed by atoms with Gasteiger partial charge in [-0.05, 0) is 32.1 Å². The highest BCUT2D eigenvalue weighted by atomic mass is 16.4. The van der Waals surface area contributed by atoms with Crippen molar-refractivity contribution in [1.29, 1.82) is 0 Å². The van der Waals surface area contributed by atoms with E-state index in [9.17, 15) is 4.79 Å². The van der Waals surface area contributed by atoms with Gasteiger partial charge in [0.05, 0.1) is 19.6 Å². The number of nitrogens with zero attached hydrogens (tertiary/aromatic N) is 1. The fourth-order valence-corrected chi connectivity index (χ4v) is 4.51. The zero-order valence-electron chi connectivity index (χ0n) is 12.6. The van der Waals surface area contributed by atoms with E-state index in [1.165, 1.54) is 44.3 Å². The Hall–Kier alpha value is -1.35. The van der Waals surface area contributed by atoms with Gasteiger partial charge in [0.25, 0.3) is 0 Å². The van der Waals surface area contributed by atoms with Gasteiger partial charge in [0.15, 0.2) is 0 Å². The van der Waals surface area contributed by atoms with Gasteiger partial charge in [-0.2, -0.15) is 0 Å². The minimum absolute atomic E-state index is 0.170. The SMILES string of the molecule is O=C(O)C[CH]C12CCC[N+](Cc3ccccc3)(CCC1)C2. The number of carboxylic acid groups (broad SMARTS) is 1. The van der Waals surface area contributed by atoms with Gasteiger partial charge in [0.2, 0.25) is 0 Å². The predicted octanol–water partition coefficient (Wildman–Crippen LogP) is 3.26. The topological polar surface area (TPSA) is 37.3 Å². The second-order valence-corrected chi connectivity index (χ2v) is 6.96. The van der Waals surface area contributed by atoms with E-state index < -0.39 is 5.97 Å². The molecule has 0 atom stereocenters. The number of benzene rings is 1. The predicted molar refractivity (Wildman–Crippen MR) is 82.5 cm³/mol. The molecule has 3 heteroatoms. The summed E-state index contributed by atoms with van der Waals surface area (Å²) >= 11 is 0. The zero-order chi connectivity index (χ0) is 14.8. The third-order valence-corrected chi connectivity index (χ3v) is 5.34. The molecular formula is C18H25NO2+. The molecule has 1 N–H and O–H groups in total. The van der Waals surface area contributed by atoms with Crippen LogP contribution >= 0.6 is 0 Å². The molecule has 2 saturated heterocycles. The Bertz CT molecular complexity index is 487. The second kappa shape index (κ2) is 5.80. The van der Waals surface area contributed by atoms with E-state index in [4.69, 9.17) is 5.11 Å². The standard InChI is InChI=1S/C18H24NO2/c20-17(21)8-11-18-9-4-12-19(15-18,13-5-10-18)14-16-6-2-1-3-7-16/h1-3,6-7,11H,4-5,8-10,12-15H2/p+1. The van der Waals surface area contributed by atoms with E-state index in [0.29, 0.717) is 0 Å². The molecule has 0 aromatic heterocycles. The first-order valence-corrected chi connectivity index (χ1v) is 8.07. The molecule has 0 amide bonds. The second-order valence-electron chi connectivity index (χ2n) is 6.96. The average Bonchev–Trinajstić information content (AvgIpc) is 2.46. The number of fused-ring (bicyclic) bond motifs is 2. The molecule has 0 unspecified atom stereocenters. The Morgan fingerprint density at radius 1 is 1.19 bits per heavy atom. The summed E-state index contributed by atoms with van der Waals surface area (Å²) in [6.07, 6.45) is 7.13. The van der Waals surface area contributed by atoms with E-state index in [1.54, 1.807) is 0 Å². The molecule has 3 nitrogen and oxygen atoms in total. The average molecular weight is 287 g/mol. The van der Waals surface area contributed by atoms with Crippen molar-refractivity contribution in [3.8, 4) is 0 Å². The van der Waals surface area contributed by atoms with Gasteiger partial charge in [0, 0.05) is 17.4 Å². The van der Waals surface area contributed by atoms with Gasteiger partial charge < -0.3 is 9.59 Å². The molecule has 2 fully saturated rings. The van der Waals surface area contributed by atoms with E-state index >= 15 is 0 Å². The van der Waals surface area contributed by atoms with Crippen molar-refractivity contribution in [3.05, 3.63) is 42.3 Å². The number of hydrogen-bond donors (Lipinski definition) is 1. The summed E-state index contributed by atoms with van der Waals surface area (Å²) in [5, 5.41) is 9.00. The Kier molecular flexibility index (Phi) is 4.03. The largest absolute Gasteiger partial charge is 0.481 e. The monoisotopic (exact) mass is 287 g/mol. The molecule has 1 radical (unpaired) electrons. The minimum Gasteiger partial charge on any atom is -0.481 e. The summed E-state index contributed by atoms with van der Waals surface area (Å²) in [6, 6.07) is 10.7. The van der Waals surface area contributed by atoms with E-state index in [1.807, 2.05) is 0 Å². The molecule has 3 rings (SSSR count). The lowest BCUT2D eigenvalue weighted by molar-refractivity contribution is -0.956. The van der Waals surface area contributed by atoms with E-state index in [0.717, 1.165) is 17.6 Å². The summed E-state index contributed by atoms with van der Waals surface area (Å²) in [6.45, 7) is 4.73. The van der Waals surface area contributed by atoms with Crippen LogP contribution in [0.25, 0.3) is 0 Å². The molecule has 2 bridgehead atoms. The molecule has 2 heterocycles. The van der Waals surface area contributed by atoms with Crippen LogP contribution in [0.1, 0.15) is 37.7 Å². The van der Waals surface area contributed by atoms with E-state index in [-0.39, 0.29) is 11.8 Å². The van der Waals surface area contributed by atoms with Crippen molar-refractivity contribution in [1.82, 2.24) is 0 Å². The number of aliphatic carboxylic acids is 1. The van der Waals surface area contributed by atoms with Crippen LogP contribution < -0.4 is 0 Å². The molecule has 0 spiro atoms. The molecular weight excluding hydrogens is 262 g/mol. The normalized spacial score (nSPS) is 31.8. The minimum atomic E-state index is -0.693. The van der Waals surface area contributed by atoms with Crippen molar-refractivity contribution in [3.63, 3.8) is 0 Å².